The van der Waals surface area contributed by atoms with Gasteiger partial charge < -0.3 is 5.11 Å². The summed E-state index contributed by atoms with van der Waals surface area (Å²) in [6.45, 7) is 4.00. The van der Waals surface area contributed by atoms with Crippen molar-refractivity contribution in [3.05, 3.63) is 12.2 Å². The number of aromatic carboxylic acids is 1. The second kappa shape index (κ2) is 5.21. The fraction of sp³-hybridized carbons (Fsp3) is 0.400. The molecule has 1 rings (SSSR count). The van der Waals surface area contributed by atoms with Crippen LogP contribution in [-0.2, 0) is 0 Å². The van der Waals surface area contributed by atoms with Crippen LogP contribution in [0.2, 0.25) is 0 Å². The fourth-order valence-electron chi connectivity index (χ4n) is 0.296. The average Bonchev–Trinajstić information content (AvgIpc) is 2.10. The molecule has 0 aromatic carbocycles. The Morgan fingerprint density at radius 3 is 2.45 bits per heavy atom. The predicted molar refractivity (Wildman–Crippen MR) is 35.9 cm³/mol. The molecule has 0 radical (unpaired) electrons. The van der Waals surface area contributed by atoms with Crippen molar-refractivity contribution in [2.75, 3.05) is 0 Å². The SMILES string of the molecule is CC.O=C(O)c1ncnnn1. The molecule has 6 heteroatoms. The first-order chi connectivity index (χ1) is 5.30. The van der Waals surface area contributed by atoms with E-state index >= 15 is 0 Å². The number of hydrogen-bond donors (Lipinski definition) is 1. The summed E-state index contributed by atoms with van der Waals surface area (Å²) in [5.41, 5.74) is 0. The van der Waals surface area contributed by atoms with Crippen LogP contribution in [-0.4, -0.2) is 31.5 Å². The zero-order valence-corrected chi connectivity index (χ0v) is 6.22. The first-order valence-corrected chi connectivity index (χ1v) is 3.04. The highest BCUT2D eigenvalue weighted by atomic mass is 16.4. The van der Waals surface area contributed by atoms with Crippen LogP contribution in [0.3, 0.4) is 0 Å². The average molecular weight is 156 g/mol. The summed E-state index contributed by atoms with van der Waals surface area (Å²) >= 11 is 0. The normalized spacial score (nSPS) is 7.82. The lowest BCUT2D eigenvalue weighted by molar-refractivity contribution is 0.0681. The highest BCUT2D eigenvalue weighted by Crippen LogP contribution is 1.79. The van der Waals surface area contributed by atoms with Crippen LogP contribution < -0.4 is 0 Å². The van der Waals surface area contributed by atoms with Gasteiger partial charge in [0.25, 0.3) is 5.82 Å². The third-order valence-corrected chi connectivity index (χ3v) is 0.614. The minimum Gasteiger partial charge on any atom is -0.475 e. The van der Waals surface area contributed by atoms with Crippen molar-refractivity contribution in [3.63, 3.8) is 0 Å². The molecule has 0 saturated heterocycles. The van der Waals surface area contributed by atoms with E-state index in [9.17, 15) is 4.79 Å². The number of carboxylic acid groups (broad SMARTS) is 1. The minimum absolute atomic E-state index is 0.343. The Balaban J connectivity index is 0.000000461. The Labute approximate surface area is 63.3 Å². The molecule has 0 amide bonds. The largest absolute Gasteiger partial charge is 0.475 e. The first kappa shape index (κ1) is 9.41. The summed E-state index contributed by atoms with van der Waals surface area (Å²) in [5.74, 6) is -1.55. The van der Waals surface area contributed by atoms with Crippen LogP contribution in [0.4, 0.5) is 0 Å². The van der Waals surface area contributed by atoms with E-state index in [0.717, 1.165) is 6.33 Å². The van der Waals surface area contributed by atoms with Crippen molar-refractivity contribution in [2.24, 2.45) is 0 Å². The number of nitrogens with zero attached hydrogens (tertiary/aromatic N) is 4. The lowest BCUT2D eigenvalue weighted by atomic mass is 10.6. The van der Waals surface area contributed by atoms with E-state index in [1.165, 1.54) is 0 Å². The van der Waals surface area contributed by atoms with E-state index in [2.05, 4.69) is 20.4 Å². The number of hydrogen-bond acceptors (Lipinski definition) is 5. The second-order valence-corrected chi connectivity index (χ2v) is 1.18. The Morgan fingerprint density at radius 1 is 1.55 bits per heavy atom. The highest BCUT2D eigenvalue weighted by Gasteiger charge is 2.03. The summed E-state index contributed by atoms with van der Waals surface area (Å²) in [4.78, 5) is 13.3. The van der Waals surface area contributed by atoms with Crippen LogP contribution >= 0.6 is 0 Å². The third-order valence-electron chi connectivity index (χ3n) is 0.614. The van der Waals surface area contributed by atoms with Gasteiger partial charge in [-0.15, -0.1) is 10.2 Å². The molecule has 1 heterocycles. The summed E-state index contributed by atoms with van der Waals surface area (Å²) in [6.07, 6.45) is 1.02. The maximum Gasteiger partial charge on any atom is 0.375 e. The fourth-order valence-corrected chi connectivity index (χ4v) is 0.296. The molecule has 6 nitrogen and oxygen atoms in total. The topological polar surface area (TPSA) is 88.9 Å². The Bertz CT molecular complexity index is 213. The molecule has 0 atom stereocenters. The monoisotopic (exact) mass is 156 g/mol. The number of carbonyl (C=O) groups is 1. The van der Waals surface area contributed by atoms with Gasteiger partial charge >= 0.3 is 5.97 Å². The van der Waals surface area contributed by atoms with Crippen LogP contribution in [0, 0.1) is 0 Å². The van der Waals surface area contributed by atoms with E-state index in [-0.39, 0.29) is 5.82 Å². The zero-order valence-electron chi connectivity index (χ0n) is 6.22. The number of rotatable bonds is 1. The Morgan fingerprint density at radius 2 is 2.18 bits per heavy atom. The van der Waals surface area contributed by atoms with Gasteiger partial charge in [-0.1, -0.05) is 13.8 Å². The Kier molecular flexibility index (Phi) is 4.46. The molecule has 1 aromatic heterocycles. The standard InChI is InChI=1S/C3H2N4O2.C2H6/c8-3(9)2-4-1-5-7-6-2;1-2/h1H,(H,8,9);1-2H3. The molecule has 0 unspecified atom stereocenters. The molecule has 0 fully saturated rings. The smallest absolute Gasteiger partial charge is 0.375 e. The predicted octanol–water partition coefficient (Wildman–Crippen LogP) is -0.00900. The zero-order chi connectivity index (χ0) is 8.69. The van der Waals surface area contributed by atoms with Gasteiger partial charge in [-0.2, -0.15) is 0 Å². The number of carboxylic acids is 1. The van der Waals surface area contributed by atoms with Gasteiger partial charge in [0.1, 0.15) is 6.33 Å². The summed E-state index contributed by atoms with van der Waals surface area (Å²) in [7, 11) is 0. The molecular weight excluding hydrogens is 148 g/mol. The second-order valence-electron chi connectivity index (χ2n) is 1.18. The van der Waals surface area contributed by atoms with E-state index < -0.39 is 5.97 Å². The molecule has 1 N–H and O–H groups in total. The molecule has 0 spiro atoms. The van der Waals surface area contributed by atoms with Crippen LogP contribution in [0.1, 0.15) is 24.5 Å². The molecule has 0 saturated carbocycles. The molecule has 0 aliphatic rings. The first-order valence-electron chi connectivity index (χ1n) is 3.04. The summed E-state index contributed by atoms with van der Waals surface area (Å²) < 4.78 is 0. The van der Waals surface area contributed by atoms with Gasteiger partial charge in [0.2, 0.25) is 0 Å². The highest BCUT2D eigenvalue weighted by molar-refractivity contribution is 5.82. The van der Waals surface area contributed by atoms with Crippen LogP contribution in [0.25, 0.3) is 0 Å². The number of aromatic nitrogens is 4. The van der Waals surface area contributed by atoms with Crippen molar-refractivity contribution in [1.82, 2.24) is 20.4 Å². The van der Waals surface area contributed by atoms with Crippen LogP contribution in [0.5, 0.6) is 0 Å². The van der Waals surface area contributed by atoms with E-state index in [1.807, 2.05) is 13.8 Å². The molecule has 1 aromatic rings. The Hall–Kier alpha value is -1.59. The lowest BCUT2D eigenvalue weighted by Gasteiger charge is -1.83. The quantitative estimate of drug-likeness (QED) is 0.615. The maximum absolute atomic E-state index is 10.0. The molecular formula is C5H8N4O2. The van der Waals surface area contributed by atoms with E-state index in [0.29, 0.717) is 0 Å². The van der Waals surface area contributed by atoms with Gasteiger partial charge in [0.15, 0.2) is 0 Å². The van der Waals surface area contributed by atoms with Crippen molar-refractivity contribution >= 4 is 5.97 Å². The molecule has 0 bridgehead atoms. The van der Waals surface area contributed by atoms with Crippen molar-refractivity contribution in [2.45, 2.75) is 13.8 Å². The maximum atomic E-state index is 10.0. The van der Waals surface area contributed by atoms with Gasteiger partial charge in [-0.05, 0) is 5.21 Å². The summed E-state index contributed by atoms with van der Waals surface area (Å²) in [5, 5.41) is 17.6. The van der Waals surface area contributed by atoms with Crippen molar-refractivity contribution in [3.8, 4) is 0 Å². The molecule has 0 aliphatic carbocycles. The van der Waals surface area contributed by atoms with Gasteiger partial charge in [0, 0.05) is 0 Å². The van der Waals surface area contributed by atoms with Gasteiger partial charge in [-0.25, -0.2) is 9.78 Å². The minimum atomic E-state index is -1.20. The van der Waals surface area contributed by atoms with Gasteiger partial charge in [-0.3, -0.25) is 0 Å². The van der Waals surface area contributed by atoms with E-state index in [4.69, 9.17) is 5.11 Å². The summed E-state index contributed by atoms with van der Waals surface area (Å²) in [6, 6.07) is 0. The molecule has 11 heavy (non-hydrogen) atoms. The van der Waals surface area contributed by atoms with Crippen LogP contribution in [0.15, 0.2) is 6.33 Å². The molecule has 0 aliphatic heterocycles. The van der Waals surface area contributed by atoms with Crippen molar-refractivity contribution in [1.29, 1.82) is 0 Å². The van der Waals surface area contributed by atoms with Gasteiger partial charge in [0.05, 0.1) is 0 Å². The lowest BCUT2D eigenvalue weighted by Crippen LogP contribution is -2.05. The van der Waals surface area contributed by atoms with E-state index in [1.54, 1.807) is 0 Å². The molecule has 60 valence electrons. The third kappa shape index (κ3) is 3.19. The van der Waals surface area contributed by atoms with Crippen molar-refractivity contribution < 1.29 is 9.90 Å².